The third-order valence-corrected chi connectivity index (χ3v) is 4.85. The Morgan fingerprint density at radius 1 is 1.33 bits per heavy atom. The van der Waals surface area contributed by atoms with Gasteiger partial charge in [0.15, 0.2) is 0 Å². The van der Waals surface area contributed by atoms with Crippen LogP contribution in [0.1, 0.15) is 32.1 Å². The van der Waals surface area contributed by atoms with Crippen molar-refractivity contribution >= 4 is 16.8 Å². The van der Waals surface area contributed by atoms with Crippen LogP contribution in [0.15, 0.2) is 0 Å². The molecule has 0 spiro atoms. The number of hydrogen-bond acceptors (Lipinski definition) is 1. The van der Waals surface area contributed by atoms with Crippen LogP contribution in [0, 0.1) is 23.2 Å². The molecule has 4 aliphatic carbocycles. The van der Waals surface area contributed by atoms with Gasteiger partial charge in [0.25, 0.3) is 0 Å². The summed E-state index contributed by atoms with van der Waals surface area (Å²) >= 11 is 5.69. The molecule has 0 heterocycles. The normalized spacial score (nSPS) is 54.9. The Hall–Kier alpha value is -0.0400. The summed E-state index contributed by atoms with van der Waals surface area (Å²) in [6.45, 7) is 0. The Morgan fingerprint density at radius 3 is 2.58 bits per heavy atom. The lowest BCUT2D eigenvalue weighted by Gasteiger charge is -2.63. The molecule has 0 amide bonds. The number of rotatable bonds is 1. The predicted molar refractivity (Wildman–Crippen MR) is 46.8 cm³/mol. The van der Waals surface area contributed by atoms with Crippen LogP contribution in [0.5, 0.6) is 0 Å². The second-order valence-electron chi connectivity index (χ2n) is 4.88. The first-order valence-electron chi connectivity index (χ1n) is 4.92. The molecule has 4 atom stereocenters. The van der Waals surface area contributed by atoms with E-state index in [1.807, 2.05) is 0 Å². The van der Waals surface area contributed by atoms with Crippen LogP contribution in [0.3, 0.4) is 0 Å². The van der Waals surface area contributed by atoms with Gasteiger partial charge in [-0.05, 0) is 55.0 Å². The number of fused-ring (bicyclic) bond motifs is 1. The van der Waals surface area contributed by atoms with Crippen LogP contribution >= 0.6 is 11.6 Å². The maximum absolute atomic E-state index is 11.3. The van der Waals surface area contributed by atoms with Gasteiger partial charge in [-0.2, -0.15) is 0 Å². The summed E-state index contributed by atoms with van der Waals surface area (Å²) in [4.78, 5) is 11.3. The van der Waals surface area contributed by atoms with Crippen molar-refractivity contribution in [2.75, 3.05) is 0 Å². The van der Waals surface area contributed by atoms with Crippen molar-refractivity contribution in [3.8, 4) is 0 Å². The largest absolute Gasteiger partial charge is 0.281 e. The highest BCUT2D eigenvalue weighted by Crippen LogP contribution is 2.68. The average molecular weight is 185 g/mol. The van der Waals surface area contributed by atoms with E-state index < -0.39 is 0 Å². The third kappa shape index (κ3) is 0.654. The molecular formula is C10H13ClO. The zero-order chi connectivity index (χ0) is 8.34. The zero-order valence-electron chi connectivity index (χ0n) is 7.05. The molecule has 0 aromatic heterocycles. The molecule has 0 aromatic carbocycles. The zero-order valence-corrected chi connectivity index (χ0v) is 7.81. The summed E-state index contributed by atoms with van der Waals surface area (Å²) in [6, 6.07) is 0. The molecule has 4 rings (SSSR count). The minimum Gasteiger partial charge on any atom is -0.281 e. The highest BCUT2D eigenvalue weighted by atomic mass is 35.5. The molecule has 4 unspecified atom stereocenters. The van der Waals surface area contributed by atoms with Crippen LogP contribution in [-0.2, 0) is 4.79 Å². The first-order chi connectivity index (χ1) is 5.72. The molecule has 4 aliphatic rings. The van der Waals surface area contributed by atoms with Crippen LogP contribution in [0.4, 0.5) is 0 Å². The van der Waals surface area contributed by atoms with E-state index in [1.54, 1.807) is 0 Å². The Morgan fingerprint density at radius 2 is 2.17 bits per heavy atom. The number of halogens is 1. The molecular weight excluding hydrogens is 172 g/mol. The molecule has 1 nitrogen and oxygen atoms in total. The van der Waals surface area contributed by atoms with Crippen LogP contribution in [-0.4, -0.2) is 5.24 Å². The van der Waals surface area contributed by atoms with Crippen molar-refractivity contribution in [3.63, 3.8) is 0 Å². The van der Waals surface area contributed by atoms with Crippen molar-refractivity contribution < 1.29 is 4.79 Å². The van der Waals surface area contributed by atoms with E-state index in [0.717, 1.165) is 24.7 Å². The monoisotopic (exact) mass is 184 g/mol. The van der Waals surface area contributed by atoms with E-state index in [4.69, 9.17) is 11.6 Å². The summed E-state index contributed by atoms with van der Waals surface area (Å²) < 4.78 is 0. The average Bonchev–Trinajstić information content (AvgIpc) is 2.03. The first-order valence-corrected chi connectivity index (χ1v) is 5.30. The fraction of sp³-hybridized carbons (Fsp3) is 0.900. The van der Waals surface area contributed by atoms with E-state index >= 15 is 0 Å². The fourth-order valence-electron chi connectivity index (χ4n) is 4.01. The Kier molecular flexibility index (Phi) is 1.27. The molecule has 4 saturated carbocycles. The van der Waals surface area contributed by atoms with Gasteiger partial charge in [0, 0.05) is 5.41 Å². The van der Waals surface area contributed by atoms with E-state index in [2.05, 4.69) is 0 Å². The molecule has 4 fully saturated rings. The molecule has 0 saturated heterocycles. The first kappa shape index (κ1) is 7.37. The topological polar surface area (TPSA) is 17.1 Å². The summed E-state index contributed by atoms with van der Waals surface area (Å²) in [7, 11) is 0. The SMILES string of the molecule is O=C(Cl)C12CC3CCC1C(C3)C2. The number of hydrogen-bond donors (Lipinski definition) is 0. The lowest BCUT2D eigenvalue weighted by atomic mass is 9.40. The Labute approximate surface area is 77.5 Å². The Balaban J connectivity index is 1.96. The van der Waals surface area contributed by atoms with Crippen molar-refractivity contribution in [1.29, 1.82) is 0 Å². The lowest BCUT2D eigenvalue weighted by molar-refractivity contribution is -0.169. The van der Waals surface area contributed by atoms with Gasteiger partial charge in [-0.1, -0.05) is 6.42 Å². The van der Waals surface area contributed by atoms with Gasteiger partial charge in [0.05, 0.1) is 0 Å². The summed E-state index contributed by atoms with van der Waals surface area (Å²) in [5.41, 5.74) is -0.0343. The highest BCUT2D eigenvalue weighted by Gasteiger charge is 2.63. The lowest BCUT2D eigenvalue weighted by Crippen LogP contribution is -2.59. The van der Waals surface area contributed by atoms with Crippen LogP contribution < -0.4 is 0 Å². The van der Waals surface area contributed by atoms with Crippen molar-refractivity contribution in [2.24, 2.45) is 23.2 Å². The molecule has 0 aliphatic heterocycles. The van der Waals surface area contributed by atoms with E-state index in [0.29, 0.717) is 5.92 Å². The van der Waals surface area contributed by atoms with Gasteiger partial charge < -0.3 is 0 Å². The van der Waals surface area contributed by atoms with Gasteiger partial charge in [0.1, 0.15) is 0 Å². The quantitative estimate of drug-likeness (QED) is 0.573. The smallest absolute Gasteiger partial charge is 0.228 e. The van der Waals surface area contributed by atoms with Crippen molar-refractivity contribution in [1.82, 2.24) is 0 Å². The summed E-state index contributed by atoms with van der Waals surface area (Å²) in [6.07, 6.45) is 6.23. The number of carbonyl (C=O) groups is 1. The van der Waals surface area contributed by atoms with Gasteiger partial charge in [-0.15, -0.1) is 0 Å². The van der Waals surface area contributed by atoms with Crippen LogP contribution in [0.2, 0.25) is 0 Å². The molecule has 66 valence electrons. The van der Waals surface area contributed by atoms with E-state index in [-0.39, 0.29) is 10.7 Å². The minimum atomic E-state index is -0.0343. The van der Waals surface area contributed by atoms with Crippen molar-refractivity contribution in [3.05, 3.63) is 0 Å². The standard InChI is InChI=1S/C10H13ClO/c11-9(12)10-4-6-1-2-8(10)7(3-6)5-10/h6-8H,1-5H2. The van der Waals surface area contributed by atoms with Crippen LogP contribution in [0.25, 0.3) is 0 Å². The molecule has 0 aromatic rings. The third-order valence-electron chi connectivity index (χ3n) is 4.47. The summed E-state index contributed by atoms with van der Waals surface area (Å²) in [5, 5.41) is -0.0341. The fourth-order valence-corrected chi connectivity index (χ4v) is 4.31. The molecule has 2 heteroatoms. The van der Waals surface area contributed by atoms with E-state index in [1.165, 1.54) is 19.3 Å². The highest BCUT2D eigenvalue weighted by molar-refractivity contribution is 6.64. The van der Waals surface area contributed by atoms with Crippen molar-refractivity contribution in [2.45, 2.75) is 32.1 Å². The molecule has 0 N–H and O–H groups in total. The van der Waals surface area contributed by atoms with Gasteiger partial charge in [0.2, 0.25) is 5.24 Å². The Bertz CT molecular complexity index is 250. The minimum absolute atomic E-state index is 0.0341. The second kappa shape index (κ2) is 2.06. The molecule has 4 bridgehead atoms. The molecule has 12 heavy (non-hydrogen) atoms. The van der Waals surface area contributed by atoms with E-state index in [9.17, 15) is 4.79 Å². The maximum atomic E-state index is 11.3. The predicted octanol–water partition coefficient (Wildman–Crippen LogP) is 2.58. The second-order valence-corrected chi connectivity index (χ2v) is 5.23. The van der Waals surface area contributed by atoms with Gasteiger partial charge >= 0.3 is 0 Å². The number of carbonyl (C=O) groups excluding carboxylic acids is 1. The summed E-state index contributed by atoms with van der Waals surface area (Å²) in [5.74, 6) is 2.36. The molecule has 0 radical (unpaired) electrons. The van der Waals surface area contributed by atoms with Gasteiger partial charge in [-0.25, -0.2) is 0 Å². The maximum Gasteiger partial charge on any atom is 0.228 e. The van der Waals surface area contributed by atoms with Gasteiger partial charge in [-0.3, -0.25) is 4.79 Å².